The van der Waals surface area contributed by atoms with E-state index in [1.165, 1.54) is 10.9 Å². The second kappa shape index (κ2) is 6.00. The van der Waals surface area contributed by atoms with Crippen molar-refractivity contribution in [1.82, 2.24) is 14.8 Å². The Morgan fingerprint density at radius 2 is 2.19 bits per heavy atom. The third kappa shape index (κ3) is 2.87. The normalized spacial score (nSPS) is 18.7. The van der Waals surface area contributed by atoms with Crippen LogP contribution in [0.5, 0.6) is 0 Å². The van der Waals surface area contributed by atoms with Gasteiger partial charge in [0.25, 0.3) is 0 Å². The maximum Gasteiger partial charge on any atom is 0.248 e. The van der Waals surface area contributed by atoms with Gasteiger partial charge < -0.3 is 10.2 Å². The second-order valence-corrected chi connectivity index (χ2v) is 6.08. The van der Waals surface area contributed by atoms with Crippen molar-refractivity contribution >= 4 is 16.8 Å². The highest BCUT2D eigenvalue weighted by Crippen LogP contribution is 2.23. The minimum Gasteiger partial charge on any atom is -0.309 e. The molecule has 2 heterocycles. The van der Waals surface area contributed by atoms with Crippen LogP contribution in [0.1, 0.15) is 23.2 Å². The SMILES string of the molecule is CN(C)CCc1cn(C(=O)C2CCCN2)c2ccccc12. The monoisotopic (exact) mass is 285 g/mol. The van der Waals surface area contributed by atoms with Gasteiger partial charge in [-0.15, -0.1) is 0 Å². The van der Waals surface area contributed by atoms with Gasteiger partial charge in [-0.05, 0) is 51.5 Å². The predicted molar refractivity (Wildman–Crippen MR) is 85.8 cm³/mol. The summed E-state index contributed by atoms with van der Waals surface area (Å²) in [6.07, 6.45) is 5.03. The van der Waals surface area contributed by atoms with Crippen LogP contribution in [0.2, 0.25) is 0 Å². The number of nitrogens with one attached hydrogen (secondary N) is 1. The van der Waals surface area contributed by atoms with Crippen LogP contribution in [-0.4, -0.2) is 48.6 Å². The fraction of sp³-hybridized carbons (Fsp3) is 0.471. The van der Waals surface area contributed by atoms with Gasteiger partial charge in [0, 0.05) is 18.1 Å². The zero-order chi connectivity index (χ0) is 14.8. The van der Waals surface area contributed by atoms with Crippen LogP contribution >= 0.6 is 0 Å². The summed E-state index contributed by atoms with van der Waals surface area (Å²) in [5.41, 5.74) is 2.29. The highest BCUT2D eigenvalue weighted by molar-refractivity contribution is 5.96. The minimum atomic E-state index is -0.0255. The Kier molecular flexibility index (Phi) is 4.08. The van der Waals surface area contributed by atoms with Gasteiger partial charge in [0.05, 0.1) is 11.6 Å². The first-order valence-electron chi connectivity index (χ1n) is 7.68. The van der Waals surface area contributed by atoms with Crippen molar-refractivity contribution < 1.29 is 4.79 Å². The van der Waals surface area contributed by atoms with E-state index in [-0.39, 0.29) is 11.9 Å². The quantitative estimate of drug-likeness (QED) is 0.935. The average molecular weight is 285 g/mol. The maximum absolute atomic E-state index is 12.7. The van der Waals surface area contributed by atoms with Crippen molar-refractivity contribution in [1.29, 1.82) is 0 Å². The number of fused-ring (bicyclic) bond motifs is 1. The highest BCUT2D eigenvalue weighted by Gasteiger charge is 2.25. The van der Waals surface area contributed by atoms with E-state index in [0.29, 0.717) is 0 Å². The molecule has 1 atom stereocenters. The second-order valence-electron chi connectivity index (χ2n) is 6.08. The predicted octanol–water partition coefficient (Wildman–Crippen LogP) is 2.14. The average Bonchev–Trinajstić information content (AvgIpc) is 3.12. The number of hydrogen-bond donors (Lipinski definition) is 1. The number of para-hydroxylation sites is 1. The Morgan fingerprint density at radius 1 is 1.38 bits per heavy atom. The summed E-state index contributed by atoms with van der Waals surface area (Å²) in [5.74, 6) is 0.180. The molecule has 1 saturated heterocycles. The third-order valence-electron chi connectivity index (χ3n) is 4.22. The molecule has 4 nitrogen and oxygen atoms in total. The molecular formula is C17H23N3O. The van der Waals surface area contributed by atoms with Gasteiger partial charge >= 0.3 is 0 Å². The Morgan fingerprint density at radius 3 is 2.90 bits per heavy atom. The number of carbonyl (C=O) groups is 1. The van der Waals surface area contributed by atoms with Crippen molar-refractivity contribution in [3.63, 3.8) is 0 Å². The van der Waals surface area contributed by atoms with E-state index in [9.17, 15) is 4.79 Å². The number of rotatable bonds is 4. The number of hydrogen-bond acceptors (Lipinski definition) is 3. The molecule has 0 bridgehead atoms. The molecule has 3 rings (SSSR count). The van der Waals surface area contributed by atoms with Gasteiger partial charge in [0.15, 0.2) is 0 Å². The van der Waals surface area contributed by atoms with Crippen molar-refractivity contribution in [3.05, 3.63) is 36.0 Å². The molecule has 0 saturated carbocycles. The largest absolute Gasteiger partial charge is 0.309 e. The van der Waals surface area contributed by atoms with Crippen LogP contribution in [0.3, 0.4) is 0 Å². The van der Waals surface area contributed by atoms with E-state index in [1.54, 1.807) is 0 Å². The van der Waals surface area contributed by atoms with E-state index in [4.69, 9.17) is 0 Å². The number of likely N-dealkylation sites (N-methyl/N-ethyl adjacent to an activating group) is 1. The van der Waals surface area contributed by atoms with Crippen molar-refractivity contribution in [2.24, 2.45) is 0 Å². The molecule has 1 aromatic heterocycles. The number of carbonyl (C=O) groups excluding carboxylic acids is 1. The summed E-state index contributed by atoms with van der Waals surface area (Å²) < 4.78 is 1.85. The Balaban J connectivity index is 1.96. The summed E-state index contributed by atoms with van der Waals surface area (Å²) in [7, 11) is 4.15. The molecule has 2 aromatic rings. The van der Waals surface area contributed by atoms with E-state index in [1.807, 2.05) is 29.0 Å². The van der Waals surface area contributed by atoms with Crippen LogP contribution in [0.25, 0.3) is 10.9 Å². The van der Waals surface area contributed by atoms with E-state index in [2.05, 4.69) is 30.4 Å². The third-order valence-corrected chi connectivity index (χ3v) is 4.22. The van der Waals surface area contributed by atoms with Crippen molar-refractivity contribution in [2.45, 2.75) is 25.3 Å². The molecule has 21 heavy (non-hydrogen) atoms. The minimum absolute atomic E-state index is 0.0255. The van der Waals surface area contributed by atoms with Crippen molar-refractivity contribution in [3.8, 4) is 0 Å². The molecule has 1 aliphatic heterocycles. The number of benzene rings is 1. The zero-order valence-electron chi connectivity index (χ0n) is 12.8. The van der Waals surface area contributed by atoms with E-state index >= 15 is 0 Å². The Labute approximate surface area is 125 Å². The smallest absolute Gasteiger partial charge is 0.248 e. The molecule has 1 aromatic carbocycles. The summed E-state index contributed by atoms with van der Waals surface area (Å²) in [4.78, 5) is 14.9. The molecule has 1 aliphatic rings. The fourth-order valence-electron chi connectivity index (χ4n) is 3.04. The van der Waals surface area contributed by atoms with Gasteiger partial charge in [-0.2, -0.15) is 0 Å². The maximum atomic E-state index is 12.7. The Hall–Kier alpha value is -1.65. The molecule has 0 spiro atoms. The Bertz CT molecular complexity index is 639. The van der Waals surface area contributed by atoms with Crippen molar-refractivity contribution in [2.75, 3.05) is 27.2 Å². The van der Waals surface area contributed by atoms with Gasteiger partial charge in [0.1, 0.15) is 0 Å². The molecule has 1 fully saturated rings. The first-order chi connectivity index (χ1) is 10.2. The van der Waals surface area contributed by atoms with Crippen LogP contribution in [0.15, 0.2) is 30.5 Å². The lowest BCUT2D eigenvalue weighted by Crippen LogP contribution is -2.34. The van der Waals surface area contributed by atoms with E-state index in [0.717, 1.165) is 37.9 Å². The molecule has 112 valence electrons. The summed E-state index contributed by atoms with van der Waals surface area (Å²) in [5, 5.41) is 4.50. The fourth-order valence-corrected chi connectivity index (χ4v) is 3.04. The van der Waals surface area contributed by atoms with Gasteiger partial charge in [-0.3, -0.25) is 9.36 Å². The number of aromatic nitrogens is 1. The molecule has 0 aliphatic carbocycles. The van der Waals surface area contributed by atoms with Crippen LogP contribution in [0.4, 0.5) is 0 Å². The number of nitrogens with zero attached hydrogens (tertiary/aromatic N) is 2. The standard InChI is InChI=1S/C17H23N3O/c1-19(2)11-9-13-12-20(16-8-4-3-6-14(13)16)17(21)15-7-5-10-18-15/h3-4,6,8,12,15,18H,5,7,9-11H2,1-2H3. The lowest BCUT2D eigenvalue weighted by molar-refractivity contribution is 0.0875. The highest BCUT2D eigenvalue weighted by atomic mass is 16.2. The molecule has 1 N–H and O–H groups in total. The van der Waals surface area contributed by atoms with Crippen LogP contribution in [0, 0.1) is 0 Å². The van der Waals surface area contributed by atoms with Gasteiger partial charge in [0.2, 0.25) is 5.91 Å². The van der Waals surface area contributed by atoms with Gasteiger partial charge in [-0.1, -0.05) is 18.2 Å². The topological polar surface area (TPSA) is 37.3 Å². The molecular weight excluding hydrogens is 262 g/mol. The zero-order valence-corrected chi connectivity index (χ0v) is 12.8. The molecule has 1 unspecified atom stereocenters. The van der Waals surface area contributed by atoms with Crippen LogP contribution in [-0.2, 0) is 6.42 Å². The van der Waals surface area contributed by atoms with E-state index < -0.39 is 0 Å². The lowest BCUT2D eigenvalue weighted by atomic mass is 10.1. The summed E-state index contributed by atoms with van der Waals surface area (Å²) >= 11 is 0. The molecule has 0 amide bonds. The lowest BCUT2D eigenvalue weighted by Gasteiger charge is -2.10. The first-order valence-corrected chi connectivity index (χ1v) is 7.68. The summed E-state index contributed by atoms with van der Waals surface area (Å²) in [6.45, 7) is 1.94. The van der Waals surface area contributed by atoms with Crippen LogP contribution < -0.4 is 5.32 Å². The first kappa shape index (κ1) is 14.3. The molecule has 4 heteroatoms. The molecule has 0 radical (unpaired) electrons. The summed E-state index contributed by atoms with van der Waals surface area (Å²) in [6, 6.07) is 8.18. The van der Waals surface area contributed by atoms with Gasteiger partial charge in [-0.25, -0.2) is 0 Å².